The Morgan fingerprint density at radius 3 is 1.00 bits per heavy atom. The fraction of sp³-hybridized carbons (Fsp3) is 0.0545. The molecule has 0 N–H and O–H groups in total. The van der Waals surface area contributed by atoms with Crippen LogP contribution in [0.25, 0.3) is 98.7 Å². The van der Waals surface area contributed by atoms with Crippen molar-refractivity contribution in [3.8, 4) is 55.6 Å². The highest BCUT2D eigenvalue weighted by molar-refractivity contribution is 6.15. The molecule has 0 aromatic heterocycles. The molecule has 1 aliphatic carbocycles. The molecule has 0 atom stereocenters. The van der Waals surface area contributed by atoms with Crippen LogP contribution >= 0.6 is 0 Å². The van der Waals surface area contributed by atoms with Gasteiger partial charge in [-0.15, -0.1) is 0 Å². The van der Waals surface area contributed by atoms with E-state index in [4.69, 9.17) is 0 Å². The van der Waals surface area contributed by atoms with E-state index >= 15 is 0 Å². The highest BCUT2D eigenvalue weighted by Gasteiger charge is 2.36. The van der Waals surface area contributed by atoms with Crippen LogP contribution in [-0.4, -0.2) is 0 Å². The van der Waals surface area contributed by atoms with Crippen LogP contribution in [0.2, 0.25) is 0 Å². The Balaban J connectivity index is 0.909. The lowest BCUT2D eigenvalue weighted by atomic mass is 9.80. The molecule has 0 heterocycles. The summed E-state index contributed by atoms with van der Waals surface area (Å²) in [6, 6.07) is 72.1. The second-order valence-corrected chi connectivity index (χ2v) is 15.7. The van der Waals surface area contributed by atoms with Gasteiger partial charge in [0.1, 0.15) is 0 Å². The van der Waals surface area contributed by atoms with Crippen LogP contribution in [-0.2, 0) is 5.41 Å². The summed E-state index contributed by atoms with van der Waals surface area (Å²) in [7, 11) is 0. The molecule has 0 aliphatic heterocycles. The summed E-state index contributed by atoms with van der Waals surface area (Å²) in [5.74, 6) is 0. The Morgan fingerprint density at radius 1 is 0.255 bits per heavy atom. The highest BCUT2D eigenvalue weighted by Crippen LogP contribution is 2.51. The molecule has 258 valence electrons. The van der Waals surface area contributed by atoms with Crippen LogP contribution in [0.1, 0.15) is 25.0 Å². The van der Waals surface area contributed by atoms with Crippen molar-refractivity contribution in [1.82, 2.24) is 0 Å². The zero-order valence-electron chi connectivity index (χ0n) is 31.0. The molecule has 1 aliphatic rings. The molecule has 0 bridgehead atoms. The zero-order chi connectivity index (χ0) is 36.7. The molecule has 55 heavy (non-hydrogen) atoms. The standard InChI is InChI=1S/C55H38/c1-55(2)53-33-39(35-19-23-37(24-20-35)51-31-41-11-3-5-13-43(41)45-15-7-9-17-47(45)51)27-29-49(53)50-30-28-40(34-54(50)55)36-21-25-38(26-22-36)52-32-42-12-4-6-14-44(42)46-16-8-10-18-48(46)52/h3-34H,1-2H3. The zero-order valence-corrected chi connectivity index (χ0v) is 31.0. The van der Waals surface area contributed by atoms with Gasteiger partial charge in [0.2, 0.25) is 0 Å². The molecule has 11 rings (SSSR count). The van der Waals surface area contributed by atoms with Crippen molar-refractivity contribution in [2.24, 2.45) is 0 Å². The summed E-state index contributed by atoms with van der Waals surface area (Å²) in [6.45, 7) is 4.76. The van der Waals surface area contributed by atoms with Gasteiger partial charge in [0.25, 0.3) is 0 Å². The van der Waals surface area contributed by atoms with Crippen LogP contribution in [0.5, 0.6) is 0 Å². The fourth-order valence-electron chi connectivity index (χ4n) is 9.37. The van der Waals surface area contributed by atoms with Crippen molar-refractivity contribution in [3.63, 3.8) is 0 Å². The Kier molecular flexibility index (Phi) is 7.00. The van der Waals surface area contributed by atoms with E-state index in [1.54, 1.807) is 0 Å². The quantitative estimate of drug-likeness (QED) is 0.161. The Hall–Kier alpha value is -6.76. The molecule has 0 radical (unpaired) electrons. The van der Waals surface area contributed by atoms with Crippen LogP contribution in [0.3, 0.4) is 0 Å². The van der Waals surface area contributed by atoms with E-state index in [2.05, 4.69) is 208 Å². The molecule has 0 saturated heterocycles. The van der Waals surface area contributed by atoms with E-state index in [1.807, 2.05) is 0 Å². The third-order valence-electron chi connectivity index (χ3n) is 12.3. The second-order valence-electron chi connectivity index (χ2n) is 15.7. The van der Waals surface area contributed by atoms with E-state index in [0.29, 0.717) is 0 Å². The predicted octanol–water partition coefficient (Wildman–Crippen LogP) is 15.3. The van der Waals surface area contributed by atoms with Crippen LogP contribution < -0.4 is 0 Å². The van der Waals surface area contributed by atoms with Gasteiger partial charge in [0, 0.05) is 5.41 Å². The van der Waals surface area contributed by atoms with E-state index in [-0.39, 0.29) is 5.41 Å². The topological polar surface area (TPSA) is 0 Å². The van der Waals surface area contributed by atoms with Crippen LogP contribution in [0, 0.1) is 0 Å². The summed E-state index contributed by atoms with van der Waals surface area (Å²) in [6.07, 6.45) is 0. The van der Waals surface area contributed by atoms with E-state index in [9.17, 15) is 0 Å². The first-order valence-corrected chi connectivity index (χ1v) is 19.3. The van der Waals surface area contributed by atoms with Crippen LogP contribution in [0.15, 0.2) is 194 Å². The molecule has 0 spiro atoms. The van der Waals surface area contributed by atoms with Crippen molar-refractivity contribution in [3.05, 3.63) is 205 Å². The van der Waals surface area contributed by atoms with Gasteiger partial charge in [-0.2, -0.15) is 0 Å². The lowest BCUT2D eigenvalue weighted by Crippen LogP contribution is -2.15. The number of hydrogen-bond donors (Lipinski definition) is 0. The smallest absolute Gasteiger partial charge is 0.0159 e. The first kappa shape index (κ1) is 31.7. The summed E-state index contributed by atoms with van der Waals surface area (Å²) >= 11 is 0. The molecule has 0 saturated carbocycles. The Bertz CT molecular complexity index is 2930. The van der Waals surface area contributed by atoms with Crippen molar-refractivity contribution in [1.29, 1.82) is 0 Å². The number of rotatable bonds is 4. The summed E-state index contributed by atoms with van der Waals surface area (Å²) in [4.78, 5) is 0. The minimum Gasteiger partial charge on any atom is -0.0616 e. The maximum absolute atomic E-state index is 2.43. The Labute approximate surface area is 322 Å². The molecule has 0 amide bonds. The largest absolute Gasteiger partial charge is 0.0616 e. The maximum atomic E-state index is 2.43. The van der Waals surface area contributed by atoms with Crippen molar-refractivity contribution >= 4 is 43.1 Å². The normalized spacial score (nSPS) is 13.1. The van der Waals surface area contributed by atoms with Gasteiger partial charge in [0.15, 0.2) is 0 Å². The van der Waals surface area contributed by atoms with E-state index < -0.39 is 0 Å². The lowest BCUT2D eigenvalue weighted by molar-refractivity contribution is 0.661. The minimum atomic E-state index is -0.120. The third kappa shape index (κ3) is 4.99. The van der Waals surface area contributed by atoms with Gasteiger partial charge < -0.3 is 0 Å². The SMILES string of the molecule is CC1(C)c2cc(-c3ccc(-c4cc5ccccc5c5ccccc45)cc3)ccc2-c2ccc(-c3ccc(-c4cc5ccccc5c5ccccc45)cc3)cc21. The number of fused-ring (bicyclic) bond motifs is 9. The summed E-state index contributed by atoms with van der Waals surface area (Å²) < 4.78 is 0. The van der Waals surface area contributed by atoms with Gasteiger partial charge in [0.05, 0.1) is 0 Å². The average Bonchev–Trinajstić information content (AvgIpc) is 3.48. The maximum Gasteiger partial charge on any atom is 0.0159 e. The first-order chi connectivity index (χ1) is 27.0. The molecular weight excluding hydrogens is 661 g/mol. The minimum absolute atomic E-state index is 0.120. The molecular formula is C55H38. The van der Waals surface area contributed by atoms with E-state index in [1.165, 1.54) is 110 Å². The highest BCUT2D eigenvalue weighted by atomic mass is 14.4. The monoisotopic (exact) mass is 698 g/mol. The average molecular weight is 699 g/mol. The van der Waals surface area contributed by atoms with Gasteiger partial charge in [-0.25, -0.2) is 0 Å². The second kappa shape index (κ2) is 12.1. The molecule has 10 aromatic carbocycles. The summed E-state index contributed by atoms with van der Waals surface area (Å²) in [5.41, 5.74) is 15.4. The van der Waals surface area contributed by atoms with Gasteiger partial charge >= 0.3 is 0 Å². The molecule has 0 fully saturated rings. The van der Waals surface area contributed by atoms with Crippen molar-refractivity contribution in [2.75, 3.05) is 0 Å². The number of benzene rings is 10. The van der Waals surface area contributed by atoms with Crippen LogP contribution in [0.4, 0.5) is 0 Å². The molecule has 0 nitrogen and oxygen atoms in total. The number of hydrogen-bond acceptors (Lipinski definition) is 0. The molecule has 10 aromatic rings. The lowest BCUT2D eigenvalue weighted by Gasteiger charge is -2.22. The first-order valence-electron chi connectivity index (χ1n) is 19.3. The molecule has 0 heteroatoms. The summed E-state index contributed by atoms with van der Waals surface area (Å²) in [5, 5.41) is 10.3. The molecule has 0 unspecified atom stereocenters. The van der Waals surface area contributed by atoms with Crippen molar-refractivity contribution in [2.45, 2.75) is 19.3 Å². The third-order valence-corrected chi connectivity index (χ3v) is 12.3. The van der Waals surface area contributed by atoms with Gasteiger partial charge in [-0.3, -0.25) is 0 Å². The van der Waals surface area contributed by atoms with Gasteiger partial charge in [-0.05, 0) is 134 Å². The van der Waals surface area contributed by atoms with Gasteiger partial charge in [-0.1, -0.05) is 184 Å². The fourth-order valence-corrected chi connectivity index (χ4v) is 9.37. The van der Waals surface area contributed by atoms with Crippen molar-refractivity contribution < 1.29 is 0 Å². The predicted molar refractivity (Wildman–Crippen MR) is 236 cm³/mol. The van der Waals surface area contributed by atoms with E-state index in [0.717, 1.165) is 0 Å². The Morgan fingerprint density at radius 2 is 0.582 bits per heavy atom.